The number of hydrogen-bond donors (Lipinski definition) is 1. The second-order valence-corrected chi connectivity index (χ2v) is 6.46. The van der Waals surface area contributed by atoms with Crippen LogP contribution in [0.25, 0.3) is 11.1 Å². The molecule has 0 fully saturated rings. The molecule has 1 unspecified atom stereocenters. The van der Waals surface area contributed by atoms with Gasteiger partial charge in [0.1, 0.15) is 6.29 Å². The summed E-state index contributed by atoms with van der Waals surface area (Å²) in [6.45, 7) is 6.28. The van der Waals surface area contributed by atoms with Crippen molar-refractivity contribution in [2.75, 3.05) is 6.54 Å². The average molecular weight is 393 g/mol. The maximum absolute atomic E-state index is 11.9. The smallest absolute Gasteiger partial charge is 0.220 e. The Morgan fingerprint density at radius 2 is 1.86 bits per heavy atom. The molecule has 2 aromatic rings. The Morgan fingerprint density at radius 3 is 2.48 bits per heavy atom. The first-order valence-corrected chi connectivity index (χ1v) is 9.66. The summed E-state index contributed by atoms with van der Waals surface area (Å²) in [6, 6.07) is 15.5. The van der Waals surface area contributed by atoms with Gasteiger partial charge in [0, 0.05) is 19.0 Å². The van der Waals surface area contributed by atoms with Gasteiger partial charge in [-0.25, -0.2) is 0 Å². The van der Waals surface area contributed by atoms with Crippen LogP contribution in [0.2, 0.25) is 0 Å². The van der Waals surface area contributed by atoms with E-state index >= 15 is 0 Å². The summed E-state index contributed by atoms with van der Waals surface area (Å²) >= 11 is 0. The van der Waals surface area contributed by atoms with E-state index in [1.807, 2.05) is 62.4 Å². The van der Waals surface area contributed by atoms with E-state index in [2.05, 4.69) is 21.0 Å². The van der Waals surface area contributed by atoms with Crippen molar-refractivity contribution < 1.29 is 9.59 Å². The Morgan fingerprint density at radius 1 is 1.14 bits per heavy atom. The lowest BCUT2D eigenvalue weighted by Crippen LogP contribution is -2.39. The lowest BCUT2D eigenvalue weighted by molar-refractivity contribution is -0.135. The van der Waals surface area contributed by atoms with Gasteiger partial charge in [-0.1, -0.05) is 60.7 Å². The van der Waals surface area contributed by atoms with E-state index < -0.39 is 6.04 Å². The minimum atomic E-state index is -0.401. The van der Waals surface area contributed by atoms with Crippen LogP contribution in [0.1, 0.15) is 38.3 Å². The SMILES string of the molecule is CCN=NN/N=C/c1ccccc1-c1ccc(CN(C(C)=O)C(C=O)CC)cc1. The molecule has 29 heavy (non-hydrogen) atoms. The Labute approximate surface area is 171 Å². The Hall–Kier alpha value is -3.35. The van der Waals surface area contributed by atoms with Crippen LogP contribution in [0.4, 0.5) is 0 Å². The molecule has 0 bridgehead atoms. The first-order chi connectivity index (χ1) is 14.1. The molecule has 0 aliphatic heterocycles. The summed E-state index contributed by atoms with van der Waals surface area (Å²) in [5, 5.41) is 11.6. The molecule has 0 aromatic heterocycles. The van der Waals surface area contributed by atoms with Crippen LogP contribution in [0.15, 0.2) is 64.0 Å². The first kappa shape index (κ1) is 21.9. The summed E-state index contributed by atoms with van der Waals surface area (Å²) in [4.78, 5) is 24.8. The molecule has 2 rings (SSSR count). The minimum Gasteiger partial charge on any atom is -0.329 e. The fraction of sp³-hybridized carbons (Fsp3) is 0.318. The Kier molecular flexibility index (Phi) is 8.69. The maximum Gasteiger partial charge on any atom is 0.220 e. The topological polar surface area (TPSA) is 86.5 Å². The standard InChI is InChI=1S/C22H27N5O2/c1-4-21(16-28)27(17(3)29)15-18-10-12-19(13-11-18)22-9-7-6-8-20(22)14-24-26-25-23-5-2/h6-14,16,21H,4-5,15H2,1-3H3,(H,23,26)/b24-14+. The van der Waals surface area contributed by atoms with Crippen molar-refractivity contribution in [1.82, 2.24) is 10.4 Å². The number of benzene rings is 2. The highest BCUT2D eigenvalue weighted by atomic mass is 16.2. The van der Waals surface area contributed by atoms with Gasteiger partial charge in [0.25, 0.3) is 0 Å². The lowest BCUT2D eigenvalue weighted by atomic mass is 9.99. The van der Waals surface area contributed by atoms with Gasteiger partial charge < -0.3 is 9.69 Å². The molecule has 0 spiro atoms. The number of nitrogens with one attached hydrogen (secondary N) is 1. The molecule has 1 atom stereocenters. The van der Waals surface area contributed by atoms with Crippen molar-refractivity contribution in [1.29, 1.82) is 0 Å². The van der Waals surface area contributed by atoms with E-state index in [0.717, 1.165) is 28.5 Å². The number of carbonyl (C=O) groups is 2. The summed E-state index contributed by atoms with van der Waals surface area (Å²) in [5.41, 5.74) is 6.51. The summed E-state index contributed by atoms with van der Waals surface area (Å²) in [6.07, 6.45) is 3.13. The Bertz CT molecular complexity index is 862. The summed E-state index contributed by atoms with van der Waals surface area (Å²) < 4.78 is 0. The molecular weight excluding hydrogens is 366 g/mol. The molecule has 152 valence electrons. The molecule has 0 aliphatic rings. The zero-order valence-electron chi connectivity index (χ0n) is 17.1. The Balaban J connectivity index is 2.19. The number of rotatable bonds is 10. The van der Waals surface area contributed by atoms with Crippen molar-refractivity contribution in [3.05, 3.63) is 59.7 Å². The number of amides is 1. The van der Waals surface area contributed by atoms with E-state index in [9.17, 15) is 9.59 Å². The third kappa shape index (κ3) is 6.34. The van der Waals surface area contributed by atoms with Crippen LogP contribution < -0.4 is 5.53 Å². The number of hydrazone groups is 1. The molecule has 0 saturated carbocycles. The van der Waals surface area contributed by atoms with E-state index in [-0.39, 0.29) is 5.91 Å². The quantitative estimate of drug-likeness (QED) is 0.287. The van der Waals surface area contributed by atoms with Crippen LogP contribution in [0.3, 0.4) is 0 Å². The molecule has 0 saturated heterocycles. The van der Waals surface area contributed by atoms with Gasteiger partial charge in [-0.3, -0.25) is 4.79 Å². The molecule has 0 radical (unpaired) electrons. The first-order valence-electron chi connectivity index (χ1n) is 9.66. The van der Waals surface area contributed by atoms with E-state index in [1.54, 1.807) is 11.1 Å². The van der Waals surface area contributed by atoms with Crippen molar-refractivity contribution in [3.63, 3.8) is 0 Å². The summed E-state index contributed by atoms with van der Waals surface area (Å²) in [7, 11) is 0. The van der Waals surface area contributed by atoms with Gasteiger partial charge in [0.15, 0.2) is 0 Å². The van der Waals surface area contributed by atoms with E-state index in [0.29, 0.717) is 19.5 Å². The molecule has 2 aromatic carbocycles. The lowest BCUT2D eigenvalue weighted by Gasteiger charge is -2.26. The van der Waals surface area contributed by atoms with Gasteiger partial charge in [-0.2, -0.15) is 15.8 Å². The van der Waals surface area contributed by atoms with Crippen LogP contribution in [-0.4, -0.2) is 35.9 Å². The number of carbonyl (C=O) groups excluding carboxylic acids is 2. The summed E-state index contributed by atoms with van der Waals surface area (Å²) in [5.74, 6) is -0.109. The maximum atomic E-state index is 11.9. The van der Waals surface area contributed by atoms with E-state index in [1.165, 1.54) is 6.92 Å². The molecule has 7 nitrogen and oxygen atoms in total. The highest BCUT2D eigenvalue weighted by molar-refractivity contribution is 5.90. The third-order valence-corrected chi connectivity index (χ3v) is 4.48. The van der Waals surface area contributed by atoms with Crippen molar-refractivity contribution in [3.8, 4) is 11.1 Å². The van der Waals surface area contributed by atoms with Gasteiger partial charge >= 0.3 is 0 Å². The highest BCUT2D eigenvalue weighted by Gasteiger charge is 2.19. The van der Waals surface area contributed by atoms with Crippen molar-refractivity contribution in [2.24, 2.45) is 15.4 Å². The molecular formula is C22H27N5O2. The van der Waals surface area contributed by atoms with Crippen LogP contribution in [0, 0.1) is 0 Å². The van der Waals surface area contributed by atoms with E-state index in [4.69, 9.17) is 0 Å². The van der Waals surface area contributed by atoms with Gasteiger partial charge in [-0.15, -0.1) is 0 Å². The van der Waals surface area contributed by atoms with Gasteiger partial charge in [-0.05, 0) is 30.0 Å². The second kappa shape index (κ2) is 11.5. The van der Waals surface area contributed by atoms with Crippen molar-refractivity contribution >= 4 is 18.4 Å². The van der Waals surface area contributed by atoms with Crippen molar-refractivity contribution in [2.45, 2.75) is 39.8 Å². The normalized spacial score (nSPS) is 12.2. The van der Waals surface area contributed by atoms with Gasteiger partial charge in [0.05, 0.1) is 18.8 Å². The molecule has 7 heteroatoms. The number of hydrogen-bond acceptors (Lipinski definition) is 5. The number of aldehydes is 1. The fourth-order valence-corrected chi connectivity index (χ4v) is 2.94. The highest BCUT2D eigenvalue weighted by Crippen LogP contribution is 2.23. The zero-order chi connectivity index (χ0) is 21.1. The monoisotopic (exact) mass is 393 g/mol. The van der Waals surface area contributed by atoms with Crippen LogP contribution >= 0.6 is 0 Å². The molecule has 1 amide bonds. The predicted molar refractivity (Wildman–Crippen MR) is 114 cm³/mol. The third-order valence-electron chi connectivity index (χ3n) is 4.48. The zero-order valence-corrected chi connectivity index (χ0v) is 17.1. The van der Waals surface area contributed by atoms with Gasteiger partial charge in [0.2, 0.25) is 5.91 Å². The molecule has 0 aliphatic carbocycles. The molecule has 1 N–H and O–H groups in total. The molecule has 0 heterocycles. The predicted octanol–water partition coefficient (Wildman–Crippen LogP) is 3.99. The largest absolute Gasteiger partial charge is 0.329 e. The van der Waals surface area contributed by atoms with Crippen LogP contribution in [-0.2, 0) is 16.1 Å². The number of nitrogens with zero attached hydrogens (tertiary/aromatic N) is 4. The fourth-order valence-electron chi connectivity index (χ4n) is 2.94. The average Bonchev–Trinajstić information content (AvgIpc) is 2.74. The van der Waals surface area contributed by atoms with Crippen LogP contribution in [0.5, 0.6) is 0 Å². The minimum absolute atomic E-state index is 0.109. The second-order valence-electron chi connectivity index (χ2n) is 6.46.